The third-order valence-corrected chi connectivity index (χ3v) is 3.21. The van der Waals surface area contributed by atoms with E-state index in [0.717, 1.165) is 25.2 Å². The molecule has 1 aliphatic rings. The van der Waals surface area contributed by atoms with Crippen molar-refractivity contribution in [3.63, 3.8) is 0 Å². The predicted octanol–water partition coefficient (Wildman–Crippen LogP) is 0.617. The first kappa shape index (κ1) is 11.0. The zero-order chi connectivity index (χ0) is 12.5. The molecule has 92 valence electrons. The third-order valence-electron chi connectivity index (χ3n) is 3.21. The van der Waals surface area contributed by atoms with Gasteiger partial charge < -0.3 is 11.1 Å². The molecule has 0 atom stereocenters. The number of benzene rings is 1. The molecule has 5 heteroatoms. The molecule has 5 nitrogen and oxygen atoms in total. The van der Waals surface area contributed by atoms with Crippen LogP contribution >= 0.6 is 0 Å². The molecule has 0 fully saturated rings. The summed E-state index contributed by atoms with van der Waals surface area (Å²) in [6, 6.07) is 6.22. The van der Waals surface area contributed by atoms with Crippen molar-refractivity contribution in [3.05, 3.63) is 47.3 Å². The van der Waals surface area contributed by atoms with E-state index >= 15 is 0 Å². The van der Waals surface area contributed by atoms with Gasteiger partial charge in [-0.25, -0.2) is 4.68 Å². The number of carbonyl (C=O) groups is 1. The second kappa shape index (κ2) is 4.27. The Labute approximate surface area is 105 Å². The fourth-order valence-corrected chi connectivity index (χ4v) is 2.20. The van der Waals surface area contributed by atoms with Gasteiger partial charge in [0.1, 0.15) is 0 Å². The maximum atomic E-state index is 11.0. The molecule has 0 saturated heterocycles. The van der Waals surface area contributed by atoms with Crippen LogP contribution in [-0.4, -0.2) is 22.2 Å². The van der Waals surface area contributed by atoms with Crippen molar-refractivity contribution in [3.8, 4) is 5.69 Å². The minimum absolute atomic E-state index is 0.425. The first-order chi connectivity index (χ1) is 8.74. The molecule has 3 N–H and O–H groups in total. The van der Waals surface area contributed by atoms with E-state index in [1.807, 2.05) is 6.07 Å². The molecule has 0 spiro atoms. The quantitative estimate of drug-likeness (QED) is 0.810. The number of primary amides is 1. The van der Waals surface area contributed by atoms with Crippen molar-refractivity contribution >= 4 is 5.91 Å². The molecular formula is C13H14N4O. The van der Waals surface area contributed by atoms with Gasteiger partial charge in [0, 0.05) is 12.7 Å². The first-order valence-corrected chi connectivity index (χ1v) is 5.91. The van der Waals surface area contributed by atoms with Gasteiger partial charge in [0.15, 0.2) is 0 Å². The number of nitrogens with two attached hydrogens (primary N) is 1. The maximum Gasteiger partial charge on any atom is 0.251 e. The topological polar surface area (TPSA) is 72.9 Å². The molecule has 2 heterocycles. The Kier molecular flexibility index (Phi) is 2.60. The lowest BCUT2D eigenvalue weighted by atomic mass is 10.0. The Morgan fingerprint density at radius 3 is 3.06 bits per heavy atom. The van der Waals surface area contributed by atoms with Crippen molar-refractivity contribution < 1.29 is 4.79 Å². The number of hydrogen-bond acceptors (Lipinski definition) is 3. The molecule has 0 radical (unpaired) electrons. The number of hydrogen-bond donors (Lipinski definition) is 2. The van der Waals surface area contributed by atoms with Gasteiger partial charge in [-0.2, -0.15) is 5.10 Å². The number of aromatic nitrogens is 2. The Morgan fingerprint density at radius 1 is 1.39 bits per heavy atom. The molecule has 0 bridgehead atoms. The molecule has 1 aromatic carbocycles. The highest BCUT2D eigenvalue weighted by molar-refractivity contribution is 5.92. The predicted molar refractivity (Wildman–Crippen MR) is 67.5 cm³/mol. The zero-order valence-corrected chi connectivity index (χ0v) is 9.89. The number of rotatable bonds is 2. The van der Waals surface area contributed by atoms with Gasteiger partial charge in [0.05, 0.1) is 17.4 Å². The summed E-state index contributed by atoms with van der Waals surface area (Å²) in [5.74, 6) is -0.455. The third kappa shape index (κ3) is 1.89. The van der Waals surface area contributed by atoms with E-state index in [1.165, 1.54) is 17.3 Å². The van der Waals surface area contributed by atoms with E-state index < -0.39 is 5.91 Å². The summed E-state index contributed by atoms with van der Waals surface area (Å²) >= 11 is 0. The van der Waals surface area contributed by atoms with Gasteiger partial charge in [-0.3, -0.25) is 4.79 Å². The smallest absolute Gasteiger partial charge is 0.251 e. The summed E-state index contributed by atoms with van der Waals surface area (Å²) in [6.45, 7) is 1.92. The van der Waals surface area contributed by atoms with Crippen molar-refractivity contribution in [1.82, 2.24) is 15.1 Å². The zero-order valence-electron chi connectivity index (χ0n) is 9.89. The largest absolute Gasteiger partial charge is 0.366 e. The Bertz CT molecular complexity index is 603. The lowest BCUT2D eigenvalue weighted by Crippen LogP contribution is -2.23. The number of amides is 1. The van der Waals surface area contributed by atoms with Crippen LogP contribution in [0.1, 0.15) is 21.5 Å². The lowest BCUT2D eigenvalue weighted by molar-refractivity contribution is 0.100. The van der Waals surface area contributed by atoms with Crippen LogP contribution in [-0.2, 0) is 13.0 Å². The molecule has 0 saturated carbocycles. The first-order valence-electron chi connectivity index (χ1n) is 5.91. The van der Waals surface area contributed by atoms with Crippen LogP contribution in [0.3, 0.4) is 0 Å². The van der Waals surface area contributed by atoms with Gasteiger partial charge in [-0.15, -0.1) is 0 Å². The fraction of sp³-hybridized carbons (Fsp3) is 0.231. The van der Waals surface area contributed by atoms with Crippen LogP contribution in [0.15, 0.2) is 30.6 Å². The Morgan fingerprint density at radius 2 is 2.28 bits per heavy atom. The van der Waals surface area contributed by atoms with E-state index in [2.05, 4.69) is 22.5 Å². The van der Waals surface area contributed by atoms with Crippen LogP contribution in [0.5, 0.6) is 0 Å². The minimum Gasteiger partial charge on any atom is -0.366 e. The Balaban J connectivity index is 1.98. The molecule has 0 unspecified atom stereocenters. The average Bonchev–Trinajstić information content (AvgIpc) is 2.88. The minimum atomic E-state index is -0.455. The highest BCUT2D eigenvalue weighted by Gasteiger charge is 2.11. The molecule has 0 aliphatic carbocycles. The van der Waals surface area contributed by atoms with E-state index in [-0.39, 0.29) is 0 Å². The van der Waals surface area contributed by atoms with Crippen LogP contribution in [0.25, 0.3) is 5.69 Å². The Hall–Kier alpha value is -2.14. The van der Waals surface area contributed by atoms with E-state index in [1.54, 1.807) is 10.9 Å². The summed E-state index contributed by atoms with van der Waals surface area (Å²) in [7, 11) is 0. The molecule has 1 aliphatic heterocycles. The van der Waals surface area contributed by atoms with Gasteiger partial charge in [0.25, 0.3) is 5.91 Å². The van der Waals surface area contributed by atoms with Crippen molar-refractivity contribution in [2.75, 3.05) is 6.54 Å². The average molecular weight is 242 g/mol. The normalized spacial score (nSPS) is 14.2. The van der Waals surface area contributed by atoms with E-state index in [9.17, 15) is 4.79 Å². The summed E-state index contributed by atoms with van der Waals surface area (Å²) in [5, 5.41) is 7.49. The van der Waals surface area contributed by atoms with Crippen LogP contribution in [0.2, 0.25) is 0 Å². The molecule has 3 rings (SSSR count). The van der Waals surface area contributed by atoms with Crippen LogP contribution in [0, 0.1) is 0 Å². The highest BCUT2D eigenvalue weighted by Crippen LogP contribution is 2.18. The summed E-state index contributed by atoms with van der Waals surface area (Å²) in [6.07, 6.45) is 4.17. The fourth-order valence-electron chi connectivity index (χ4n) is 2.20. The molecule has 18 heavy (non-hydrogen) atoms. The van der Waals surface area contributed by atoms with Crippen molar-refractivity contribution in [2.24, 2.45) is 5.73 Å². The molecule has 1 aromatic heterocycles. The van der Waals surface area contributed by atoms with Crippen LogP contribution < -0.4 is 11.1 Å². The number of carbonyl (C=O) groups excluding carboxylic acids is 1. The van der Waals surface area contributed by atoms with Crippen molar-refractivity contribution in [1.29, 1.82) is 0 Å². The van der Waals surface area contributed by atoms with E-state index in [0.29, 0.717) is 5.56 Å². The number of nitrogens with one attached hydrogen (secondary N) is 1. The summed E-state index contributed by atoms with van der Waals surface area (Å²) in [4.78, 5) is 11.0. The number of nitrogens with zero attached hydrogens (tertiary/aromatic N) is 2. The standard InChI is InChI=1S/C13H14N4O/c14-13(18)11-7-16-17(8-11)12-2-1-10-6-15-4-3-9(10)5-12/h1-2,5,7-8,15H,3-4,6H2,(H2,14,18). The van der Waals surface area contributed by atoms with Gasteiger partial charge in [-0.05, 0) is 36.2 Å². The monoisotopic (exact) mass is 242 g/mol. The second-order valence-electron chi connectivity index (χ2n) is 4.42. The molecular weight excluding hydrogens is 228 g/mol. The number of fused-ring (bicyclic) bond motifs is 1. The maximum absolute atomic E-state index is 11.0. The van der Waals surface area contributed by atoms with E-state index in [4.69, 9.17) is 5.73 Å². The van der Waals surface area contributed by atoms with Crippen LogP contribution in [0.4, 0.5) is 0 Å². The van der Waals surface area contributed by atoms with Gasteiger partial charge >= 0.3 is 0 Å². The van der Waals surface area contributed by atoms with Crippen molar-refractivity contribution in [2.45, 2.75) is 13.0 Å². The molecule has 2 aromatic rings. The summed E-state index contributed by atoms with van der Waals surface area (Å²) in [5.41, 5.74) is 9.26. The van der Waals surface area contributed by atoms with Gasteiger partial charge in [-0.1, -0.05) is 6.07 Å². The summed E-state index contributed by atoms with van der Waals surface area (Å²) < 4.78 is 1.68. The lowest BCUT2D eigenvalue weighted by Gasteiger charge is -2.17. The second-order valence-corrected chi connectivity index (χ2v) is 4.42. The molecule has 1 amide bonds. The highest BCUT2D eigenvalue weighted by atomic mass is 16.1. The van der Waals surface area contributed by atoms with Gasteiger partial charge in [0.2, 0.25) is 0 Å². The SMILES string of the molecule is NC(=O)c1cnn(-c2ccc3c(c2)CCNC3)c1.